The summed E-state index contributed by atoms with van der Waals surface area (Å²) in [6.45, 7) is 9.34. The minimum atomic E-state index is 0.220. The molecule has 0 unspecified atom stereocenters. The Labute approximate surface area is 200 Å². The SMILES string of the molecule is CCCCNc1nc(N)nc2cnn(Cc3cc(CN4CCN(CCO)CC4)ccc3OC)c12. The zero-order valence-corrected chi connectivity index (χ0v) is 20.2. The quantitative estimate of drug-likeness (QED) is 0.362. The van der Waals surface area contributed by atoms with Gasteiger partial charge in [-0.3, -0.25) is 14.5 Å². The molecule has 1 aliphatic rings. The highest BCUT2D eigenvalue weighted by Crippen LogP contribution is 2.26. The van der Waals surface area contributed by atoms with Crippen LogP contribution in [0.4, 0.5) is 11.8 Å². The maximum absolute atomic E-state index is 9.16. The molecule has 0 bridgehead atoms. The summed E-state index contributed by atoms with van der Waals surface area (Å²) in [4.78, 5) is 13.6. The van der Waals surface area contributed by atoms with Crippen molar-refractivity contribution in [1.29, 1.82) is 0 Å². The third kappa shape index (κ3) is 5.75. The third-order valence-corrected chi connectivity index (χ3v) is 6.28. The molecule has 2 aromatic heterocycles. The van der Waals surface area contributed by atoms with E-state index < -0.39 is 0 Å². The molecule has 4 N–H and O–H groups in total. The summed E-state index contributed by atoms with van der Waals surface area (Å²) in [5, 5.41) is 17.2. The smallest absolute Gasteiger partial charge is 0.222 e. The van der Waals surface area contributed by atoms with Crippen molar-refractivity contribution in [3.05, 3.63) is 35.5 Å². The van der Waals surface area contributed by atoms with Crippen molar-refractivity contribution in [1.82, 2.24) is 29.5 Å². The summed E-state index contributed by atoms with van der Waals surface area (Å²) in [5.41, 5.74) is 9.80. The second-order valence-electron chi connectivity index (χ2n) is 8.73. The zero-order valence-electron chi connectivity index (χ0n) is 20.2. The van der Waals surface area contributed by atoms with E-state index in [-0.39, 0.29) is 12.6 Å². The van der Waals surface area contributed by atoms with Crippen molar-refractivity contribution >= 4 is 22.8 Å². The van der Waals surface area contributed by atoms with Crippen molar-refractivity contribution in [2.24, 2.45) is 0 Å². The number of piperazine rings is 1. The lowest BCUT2D eigenvalue weighted by atomic mass is 10.1. The molecule has 1 aliphatic heterocycles. The molecule has 1 saturated heterocycles. The van der Waals surface area contributed by atoms with Crippen molar-refractivity contribution in [2.75, 3.05) is 64.0 Å². The number of aliphatic hydroxyl groups is 1. The largest absolute Gasteiger partial charge is 0.496 e. The zero-order chi connectivity index (χ0) is 23.9. The number of rotatable bonds is 11. The standard InChI is InChI=1S/C24H36N8O2/c1-3-4-7-26-23-22-20(28-24(25)29-23)15-27-32(22)17-19-14-18(5-6-21(19)34-2)16-31-10-8-30(9-11-31)12-13-33/h5-6,14-15,33H,3-4,7-13,16-17H2,1-2H3,(H3,25,26,28,29). The van der Waals surface area contributed by atoms with Gasteiger partial charge in [-0.25, -0.2) is 4.98 Å². The Morgan fingerprint density at radius 3 is 2.65 bits per heavy atom. The predicted octanol–water partition coefficient (Wildman–Crippen LogP) is 1.79. The van der Waals surface area contributed by atoms with E-state index in [0.717, 1.165) is 81.0 Å². The number of hydrogen-bond donors (Lipinski definition) is 3. The molecule has 3 aromatic rings. The van der Waals surface area contributed by atoms with Gasteiger partial charge in [0.1, 0.15) is 16.8 Å². The molecule has 0 saturated carbocycles. The Morgan fingerprint density at radius 2 is 1.91 bits per heavy atom. The Bertz CT molecular complexity index is 1080. The molecule has 3 heterocycles. The van der Waals surface area contributed by atoms with E-state index >= 15 is 0 Å². The Kier molecular flexibility index (Phi) is 8.15. The van der Waals surface area contributed by atoms with Crippen LogP contribution in [-0.4, -0.2) is 87.6 Å². The lowest BCUT2D eigenvalue weighted by Crippen LogP contribution is -2.46. The highest BCUT2D eigenvalue weighted by Gasteiger charge is 2.18. The Morgan fingerprint density at radius 1 is 1.12 bits per heavy atom. The average molecular weight is 469 g/mol. The Balaban J connectivity index is 1.54. The van der Waals surface area contributed by atoms with Gasteiger partial charge in [0, 0.05) is 51.4 Å². The van der Waals surface area contributed by atoms with E-state index in [4.69, 9.17) is 15.6 Å². The van der Waals surface area contributed by atoms with Crippen LogP contribution < -0.4 is 15.8 Å². The summed E-state index contributed by atoms with van der Waals surface area (Å²) >= 11 is 0. The molecule has 0 atom stereocenters. The number of benzene rings is 1. The molecule has 0 radical (unpaired) electrons. The van der Waals surface area contributed by atoms with Gasteiger partial charge in [0.25, 0.3) is 0 Å². The molecule has 0 amide bonds. The van der Waals surface area contributed by atoms with Gasteiger partial charge in [0.15, 0.2) is 5.82 Å². The Hall–Kier alpha value is -2.95. The third-order valence-electron chi connectivity index (χ3n) is 6.28. The first-order chi connectivity index (χ1) is 16.6. The van der Waals surface area contributed by atoms with Crippen LogP contribution in [0.3, 0.4) is 0 Å². The van der Waals surface area contributed by atoms with Gasteiger partial charge in [-0.2, -0.15) is 10.1 Å². The highest BCUT2D eigenvalue weighted by atomic mass is 16.5. The number of ether oxygens (including phenoxy) is 1. The number of hydrogen-bond acceptors (Lipinski definition) is 9. The van der Waals surface area contributed by atoms with E-state index in [1.807, 2.05) is 10.7 Å². The molecule has 4 rings (SSSR count). The molecule has 10 heteroatoms. The first-order valence-corrected chi connectivity index (χ1v) is 12.1. The van der Waals surface area contributed by atoms with Gasteiger partial charge in [0.05, 0.1) is 26.5 Å². The maximum atomic E-state index is 9.16. The number of nitrogens with one attached hydrogen (secondary N) is 1. The van der Waals surface area contributed by atoms with E-state index in [0.29, 0.717) is 12.4 Å². The fraction of sp³-hybridized carbons (Fsp3) is 0.542. The molecule has 184 valence electrons. The number of unbranched alkanes of at least 4 members (excludes halogenated alkanes) is 1. The summed E-state index contributed by atoms with van der Waals surface area (Å²) in [6.07, 6.45) is 3.88. The van der Waals surface area contributed by atoms with Crippen LogP contribution in [0.2, 0.25) is 0 Å². The van der Waals surface area contributed by atoms with Crippen molar-refractivity contribution in [3.63, 3.8) is 0 Å². The van der Waals surface area contributed by atoms with E-state index in [2.05, 4.69) is 49.2 Å². The van der Waals surface area contributed by atoms with Gasteiger partial charge in [-0.05, 0) is 24.1 Å². The number of aliphatic hydroxyl groups excluding tert-OH is 1. The fourth-order valence-corrected chi connectivity index (χ4v) is 4.43. The monoisotopic (exact) mass is 468 g/mol. The minimum absolute atomic E-state index is 0.220. The van der Waals surface area contributed by atoms with Crippen LogP contribution in [0.15, 0.2) is 24.4 Å². The average Bonchev–Trinajstić information content (AvgIpc) is 3.23. The summed E-state index contributed by atoms with van der Waals surface area (Å²) < 4.78 is 7.58. The summed E-state index contributed by atoms with van der Waals surface area (Å²) in [6, 6.07) is 6.37. The van der Waals surface area contributed by atoms with Crippen molar-refractivity contribution in [3.8, 4) is 5.75 Å². The molecule has 0 aliphatic carbocycles. The van der Waals surface area contributed by atoms with Gasteiger partial charge in [-0.1, -0.05) is 19.4 Å². The molecule has 10 nitrogen and oxygen atoms in total. The molecular weight excluding hydrogens is 432 g/mol. The first-order valence-electron chi connectivity index (χ1n) is 12.1. The van der Waals surface area contributed by atoms with E-state index in [9.17, 15) is 0 Å². The number of β-amino-alcohol motifs (C(OH)–C–C–N with tert-alkyl or cyclic N) is 1. The van der Waals surface area contributed by atoms with E-state index in [1.165, 1.54) is 5.56 Å². The molecular formula is C24H36N8O2. The van der Waals surface area contributed by atoms with Crippen molar-refractivity contribution in [2.45, 2.75) is 32.9 Å². The van der Waals surface area contributed by atoms with Gasteiger partial charge < -0.3 is 20.9 Å². The van der Waals surface area contributed by atoms with E-state index in [1.54, 1.807) is 13.3 Å². The fourth-order valence-electron chi connectivity index (χ4n) is 4.43. The molecule has 1 aromatic carbocycles. The van der Waals surface area contributed by atoms with Crippen LogP contribution in [-0.2, 0) is 13.1 Å². The number of nitrogens with two attached hydrogens (primary N) is 1. The number of methoxy groups -OCH3 is 1. The van der Waals surface area contributed by atoms with Gasteiger partial charge >= 0.3 is 0 Å². The number of nitrogen functional groups attached to an aromatic ring is 1. The second kappa shape index (κ2) is 11.5. The van der Waals surface area contributed by atoms with Crippen molar-refractivity contribution < 1.29 is 9.84 Å². The van der Waals surface area contributed by atoms with Crippen LogP contribution in [0.5, 0.6) is 5.75 Å². The maximum Gasteiger partial charge on any atom is 0.222 e. The number of anilines is 2. The number of aromatic nitrogens is 4. The lowest BCUT2D eigenvalue weighted by molar-refractivity contribution is 0.108. The predicted molar refractivity (Wildman–Crippen MR) is 134 cm³/mol. The minimum Gasteiger partial charge on any atom is -0.496 e. The van der Waals surface area contributed by atoms with Crippen LogP contribution >= 0.6 is 0 Å². The van der Waals surface area contributed by atoms with Crippen LogP contribution in [0.25, 0.3) is 11.0 Å². The topological polar surface area (TPSA) is 118 Å². The normalized spacial score (nSPS) is 15.1. The molecule has 0 spiro atoms. The second-order valence-corrected chi connectivity index (χ2v) is 8.73. The van der Waals surface area contributed by atoms with Gasteiger partial charge in [0.2, 0.25) is 5.95 Å². The molecule has 1 fully saturated rings. The number of nitrogens with zero attached hydrogens (tertiary/aromatic N) is 6. The van der Waals surface area contributed by atoms with Crippen LogP contribution in [0, 0.1) is 0 Å². The lowest BCUT2D eigenvalue weighted by Gasteiger charge is -2.34. The van der Waals surface area contributed by atoms with Gasteiger partial charge in [-0.15, -0.1) is 0 Å². The molecule has 34 heavy (non-hydrogen) atoms. The summed E-state index contributed by atoms with van der Waals surface area (Å²) in [7, 11) is 1.70. The summed E-state index contributed by atoms with van der Waals surface area (Å²) in [5.74, 6) is 1.78. The highest BCUT2D eigenvalue weighted by molar-refractivity contribution is 5.86. The number of fused-ring (bicyclic) bond motifs is 1. The van der Waals surface area contributed by atoms with Crippen LogP contribution in [0.1, 0.15) is 30.9 Å². The first kappa shape index (κ1) is 24.2.